The molecule has 1 N–H and O–H groups in total. The van der Waals surface area contributed by atoms with E-state index in [2.05, 4.69) is 15.3 Å². The third-order valence-corrected chi connectivity index (χ3v) is 4.36. The summed E-state index contributed by atoms with van der Waals surface area (Å²) >= 11 is 0. The molecular formula is C17H23N5O2. The Morgan fingerprint density at radius 3 is 3.04 bits per heavy atom. The summed E-state index contributed by atoms with van der Waals surface area (Å²) in [7, 11) is 0. The zero-order valence-corrected chi connectivity index (χ0v) is 13.9. The summed E-state index contributed by atoms with van der Waals surface area (Å²) in [6.07, 6.45) is 9.66. The van der Waals surface area contributed by atoms with E-state index in [4.69, 9.17) is 0 Å². The topological polar surface area (TPSA) is 79.6 Å². The van der Waals surface area contributed by atoms with Gasteiger partial charge in [-0.2, -0.15) is 0 Å². The number of hydrogen-bond acceptors (Lipinski definition) is 4. The van der Waals surface area contributed by atoms with Gasteiger partial charge in [-0.25, -0.2) is 9.97 Å². The summed E-state index contributed by atoms with van der Waals surface area (Å²) in [5.41, 5.74) is 0.784. The van der Waals surface area contributed by atoms with Crippen molar-refractivity contribution in [1.82, 2.24) is 24.6 Å². The number of aromatic nitrogens is 3. The molecule has 1 aliphatic rings. The van der Waals surface area contributed by atoms with Gasteiger partial charge in [-0.3, -0.25) is 14.0 Å². The normalized spacial score (nSPS) is 16.9. The maximum Gasteiger partial charge on any atom is 0.240 e. The van der Waals surface area contributed by atoms with Gasteiger partial charge in [-0.15, -0.1) is 0 Å². The van der Waals surface area contributed by atoms with Crippen LogP contribution in [0.4, 0.5) is 0 Å². The molecule has 2 amide bonds. The second-order valence-corrected chi connectivity index (χ2v) is 6.15. The van der Waals surface area contributed by atoms with E-state index in [1.54, 1.807) is 11.1 Å². The van der Waals surface area contributed by atoms with Crippen molar-refractivity contribution in [3.63, 3.8) is 0 Å². The van der Waals surface area contributed by atoms with E-state index in [-0.39, 0.29) is 24.4 Å². The summed E-state index contributed by atoms with van der Waals surface area (Å²) in [5, 5.41) is 3.00. The van der Waals surface area contributed by atoms with Crippen molar-refractivity contribution in [3.05, 3.63) is 30.4 Å². The Morgan fingerprint density at radius 1 is 1.38 bits per heavy atom. The van der Waals surface area contributed by atoms with Gasteiger partial charge in [0.15, 0.2) is 0 Å². The Hall–Kier alpha value is -2.44. The minimum atomic E-state index is -0.179. The maximum absolute atomic E-state index is 12.4. The first-order chi connectivity index (χ1) is 11.7. The molecule has 0 unspecified atom stereocenters. The van der Waals surface area contributed by atoms with Crippen LogP contribution in [0.5, 0.6) is 0 Å². The molecule has 24 heavy (non-hydrogen) atoms. The predicted octanol–water partition coefficient (Wildman–Crippen LogP) is 1.70. The van der Waals surface area contributed by atoms with Crippen molar-refractivity contribution in [3.8, 4) is 0 Å². The minimum Gasteiger partial charge on any atom is -0.346 e. The molecule has 3 heterocycles. The number of carbonyl (C=O) groups excluding carboxylic acids is 2. The van der Waals surface area contributed by atoms with Gasteiger partial charge in [0.25, 0.3) is 0 Å². The lowest BCUT2D eigenvalue weighted by Crippen LogP contribution is -2.41. The highest BCUT2D eigenvalue weighted by Gasteiger charge is 2.22. The smallest absolute Gasteiger partial charge is 0.240 e. The van der Waals surface area contributed by atoms with Gasteiger partial charge in [0, 0.05) is 31.6 Å². The SMILES string of the molecule is CC[C@@H](NC(=O)CN1CCCCCC1=O)c1cn2cccnc2n1. The van der Waals surface area contributed by atoms with E-state index in [0.29, 0.717) is 18.7 Å². The lowest BCUT2D eigenvalue weighted by molar-refractivity contribution is -0.135. The third kappa shape index (κ3) is 3.72. The van der Waals surface area contributed by atoms with E-state index in [0.717, 1.165) is 31.4 Å². The molecule has 7 nitrogen and oxygen atoms in total. The lowest BCUT2D eigenvalue weighted by atomic mass is 10.1. The van der Waals surface area contributed by atoms with Crippen LogP contribution >= 0.6 is 0 Å². The Kier molecular flexibility index (Phi) is 5.08. The predicted molar refractivity (Wildman–Crippen MR) is 89.2 cm³/mol. The molecule has 2 aromatic rings. The van der Waals surface area contributed by atoms with E-state index < -0.39 is 0 Å². The van der Waals surface area contributed by atoms with Crippen LogP contribution in [0.3, 0.4) is 0 Å². The highest BCUT2D eigenvalue weighted by atomic mass is 16.2. The van der Waals surface area contributed by atoms with Crippen LogP contribution in [0.15, 0.2) is 24.7 Å². The van der Waals surface area contributed by atoms with E-state index in [9.17, 15) is 9.59 Å². The Morgan fingerprint density at radius 2 is 2.25 bits per heavy atom. The van der Waals surface area contributed by atoms with Gasteiger partial charge in [-0.05, 0) is 25.3 Å². The number of likely N-dealkylation sites (tertiary alicyclic amines) is 1. The molecule has 1 aliphatic heterocycles. The molecule has 128 valence electrons. The quantitative estimate of drug-likeness (QED) is 0.905. The van der Waals surface area contributed by atoms with Crippen LogP contribution in [-0.4, -0.2) is 44.2 Å². The van der Waals surface area contributed by atoms with Crippen LogP contribution in [0, 0.1) is 0 Å². The summed E-state index contributed by atoms with van der Waals surface area (Å²) in [4.78, 5) is 34.7. The van der Waals surface area contributed by atoms with Crippen molar-refractivity contribution in [1.29, 1.82) is 0 Å². The fourth-order valence-corrected chi connectivity index (χ4v) is 3.02. The average molecular weight is 329 g/mol. The van der Waals surface area contributed by atoms with Crippen LogP contribution in [0.1, 0.15) is 50.8 Å². The molecular weight excluding hydrogens is 306 g/mol. The number of carbonyl (C=O) groups is 2. The zero-order chi connectivity index (χ0) is 16.9. The number of rotatable bonds is 5. The lowest BCUT2D eigenvalue weighted by Gasteiger charge is -2.22. The molecule has 0 radical (unpaired) electrons. The molecule has 1 atom stereocenters. The van der Waals surface area contributed by atoms with E-state index in [1.807, 2.05) is 29.8 Å². The number of nitrogens with one attached hydrogen (secondary N) is 1. The average Bonchev–Trinajstić information content (AvgIpc) is 2.92. The Balaban J connectivity index is 1.65. The zero-order valence-electron chi connectivity index (χ0n) is 13.9. The second-order valence-electron chi connectivity index (χ2n) is 6.15. The first-order valence-electron chi connectivity index (χ1n) is 8.54. The molecule has 0 bridgehead atoms. The molecule has 1 saturated heterocycles. The highest BCUT2D eigenvalue weighted by molar-refractivity contribution is 5.85. The van der Waals surface area contributed by atoms with Gasteiger partial charge < -0.3 is 10.2 Å². The molecule has 7 heteroatoms. The van der Waals surface area contributed by atoms with Gasteiger partial charge in [-0.1, -0.05) is 13.3 Å². The summed E-state index contributed by atoms with van der Waals surface area (Å²) in [5.74, 6) is 0.553. The highest BCUT2D eigenvalue weighted by Crippen LogP contribution is 2.16. The molecule has 2 aromatic heterocycles. The third-order valence-electron chi connectivity index (χ3n) is 4.36. The molecule has 0 saturated carbocycles. The molecule has 0 aromatic carbocycles. The minimum absolute atomic E-state index is 0.0765. The summed E-state index contributed by atoms with van der Waals surface area (Å²) < 4.78 is 1.84. The van der Waals surface area contributed by atoms with Crippen molar-refractivity contribution < 1.29 is 9.59 Å². The van der Waals surface area contributed by atoms with Crippen LogP contribution < -0.4 is 5.32 Å². The van der Waals surface area contributed by atoms with Crippen molar-refractivity contribution in [2.75, 3.05) is 13.1 Å². The van der Waals surface area contributed by atoms with Crippen molar-refractivity contribution in [2.24, 2.45) is 0 Å². The number of nitrogens with zero attached hydrogens (tertiary/aromatic N) is 4. The largest absolute Gasteiger partial charge is 0.346 e. The fraction of sp³-hybridized carbons (Fsp3) is 0.529. The molecule has 0 aliphatic carbocycles. The summed E-state index contributed by atoms with van der Waals surface area (Å²) in [6.45, 7) is 2.79. The monoisotopic (exact) mass is 329 g/mol. The number of hydrogen-bond donors (Lipinski definition) is 1. The number of amides is 2. The van der Waals surface area contributed by atoms with Crippen molar-refractivity contribution in [2.45, 2.75) is 45.1 Å². The standard InChI is InChI=1S/C17H23N5O2/c1-2-13(14-11-22-10-6-8-18-17(22)20-14)19-15(23)12-21-9-5-3-4-7-16(21)24/h6,8,10-11,13H,2-5,7,9,12H2,1H3,(H,19,23)/t13-/m1/s1. The van der Waals surface area contributed by atoms with Crippen molar-refractivity contribution >= 4 is 17.6 Å². The second kappa shape index (κ2) is 7.42. The van der Waals surface area contributed by atoms with Gasteiger partial charge in [0.2, 0.25) is 17.6 Å². The Labute approximate surface area is 141 Å². The fourth-order valence-electron chi connectivity index (χ4n) is 3.02. The van der Waals surface area contributed by atoms with Crippen LogP contribution in [-0.2, 0) is 9.59 Å². The summed E-state index contributed by atoms with van der Waals surface area (Å²) in [6, 6.07) is 1.66. The van der Waals surface area contributed by atoms with Crippen LogP contribution in [0.25, 0.3) is 5.78 Å². The first-order valence-corrected chi connectivity index (χ1v) is 8.54. The molecule has 3 rings (SSSR count). The number of imidazole rings is 1. The Bertz CT molecular complexity index is 694. The van der Waals surface area contributed by atoms with E-state index in [1.165, 1.54) is 0 Å². The molecule has 0 spiro atoms. The van der Waals surface area contributed by atoms with Gasteiger partial charge >= 0.3 is 0 Å². The van der Waals surface area contributed by atoms with Gasteiger partial charge in [0.05, 0.1) is 18.3 Å². The maximum atomic E-state index is 12.4. The first kappa shape index (κ1) is 16.4. The molecule has 1 fully saturated rings. The number of fused-ring (bicyclic) bond motifs is 1. The van der Waals surface area contributed by atoms with Gasteiger partial charge in [0.1, 0.15) is 0 Å². The van der Waals surface area contributed by atoms with E-state index >= 15 is 0 Å². The van der Waals surface area contributed by atoms with Crippen LogP contribution in [0.2, 0.25) is 0 Å².